The van der Waals surface area contributed by atoms with Gasteiger partial charge in [-0.25, -0.2) is 9.78 Å². The zero-order valence-corrected chi connectivity index (χ0v) is 18.6. The Morgan fingerprint density at radius 3 is 2.59 bits per heavy atom. The fraction of sp³-hybridized carbons (Fsp3) is 0.192. The molecule has 4 aromatic rings. The van der Waals surface area contributed by atoms with E-state index in [1.807, 2.05) is 63.2 Å². The molecule has 2 aromatic carbocycles. The van der Waals surface area contributed by atoms with E-state index < -0.39 is 0 Å². The summed E-state index contributed by atoms with van der Waals surface area (Å²) in [5.74, 6) is 0.222. The van der Waals surface area contributed by atoms with Crippen molar-refractivity contribution in [1.29, 1.82) is 5.26 Å². The van der Waals surface area contributed by atoms with Crippen LogP contribution < -0.4 is 0 Å². The van der Waals surface area contributed by atoms with Gasteiger partial charge in [-0.15, -0.1) is 0 Å². The van der Waals surface area contributed by atoms with Crippen molar-refractivity contribution in [3.8, 4) is 11.8 Å². The molecule has 2 aromatic heterocycles. The van der Waals surface area contributed by atoms with Gasteiger partial charge in [0.25, 0.3) is 0 Å². The molecule has 0 radical (unpaired) electrons. The molecule has 1 N–H and O–H groups in total. The third-order valence-corrected chi connectivity index (χ3v) is 5.42. The first kappa shape index (κ1) is 21.1. The minimum atomic E-state index is -0.330. The Kier molecular flexibility index (Phi) is 5.65. The summed E-state index contributed by atoms with van der Waals surface area (Å²) < 4.78 is 7.15. The summed E-state index contributed by atoms with van der Waals surface area (Å²) in [6.45, 7) is 8.18. The van der Waals surface area contributed by atoms with E-state index in [1.54, 1.807) is 19.1 Å². The molecule has 6 nitrogen and oxygen atoms in total. The van der Waals surface area contributed by atoms with E-state index in [4.69, 9.17) is 4.74 Å². The molecule has 0 aliphatic carbocycles. The number of benzene rings is 2. The third-order valence-electron chi connectivity index (χ3n) is 5.42. The van der Waals surface area contributed by atoms with Crippen molar-refractivity contribution >= 4 is 28.7 Å². The molecule has 6 heteroatoms. The number of aryl methyl sites for hydroxylation is 2. The predicted octanol–water partition coefficient (Wildman–Crippen LogP) is 5.52. The van der Waals surface area contributed by atoms with Crippen LogP contribution in [0.4, 0.5) is 0 Å². The molecule has 0 saturated carbocycles. The van der Waals surface area contributed by atoms with Crippen LogP contribution in [0.25, 0.3) is 28.4 Å². The molecule has 0 atom stereocenters. The summed E-state index contributed by atoms with van der Waals surface area (Å²) in [7, 11) is 0. The highest BCUT2D eigenvalue weighted by atomic mass is 16.5. The number of rotatable bonds is 5. The molecule has 160 valence electrons. The number of nitrogens with zero attached hydrogens (tertiary/aromatic N) is 3. The Labute approximate surface area is 186 Å². The van der Waals surface area contributed by atoms with Crippen LogP contribution in [0.5, 0.6) is 0 Å². The Hall–Kier alpha value is -4.11. The predicted molar refractivity (Wildman–Crippen MR) is 126 cm³/mol. The zero-order chi connectivity index (χ0) is 22.8. The number of H-pyrrole nitrogens is 1. The maximum absolute atomic E-state index is 11.9. The molecule has 0 amide bonds. The van der Waals surface area contributed by atoms with Gasteiger partial charge in [-0.05, 0) is 87.4 Å². The Bertz CT molecular complexity index is 1380. The van der Waals surface area contributed by atoms with Gasteiger partial charge in [-0.1, -0.05) is 6.07 Å². The van der Waals surface area contributed by atoms with Gasteiger partial charge in [0.15, 0.2) is 0 Å². The van der Waals surface area contributed by atoms with E-state index >= 15 is 0 Å². The number of allylic oxidation sites excluding steroid dienone is 1. The van der Waals surface area contributed by atoms with Crippen LogP contribution in [0.1, 0.15) is 45.6 Å². The van der Waals surface area contributed by atoms with E-state index in [1.165, 1.54) is 0 Å². The first-order valence-corrected chi connectivity index (χ1v) is 10.5. The van der Waals surface area contributed by atoms with E-state index in [9.17, 15) is 10.1 Å². The van der Waals surface area contributed by atoms with E-state index in [-0.39, 0.29) is 5.97 Å². The number of aromatic amines is 1. The number of esters is 1. The molecule has 0 bridgehead atoms. The molecule has 0 unspecified atom stereocenters. The lowest BCUT2D eigenvalue weighted by molar-refractivity contribution is 0.0526. The number of imidazole rings is 1. The summed E-state index contributed by atoms with van der Waals surface area (Å²) in [5.41, 5.74) is 7.75. The summed E-state index contributed by atoms with van der Waals surface area (Å²) >= 11 is 0. The van der Waals surface area contributed by atoms with Crippen LogP contribution in [-0.2, 0) is 4.74 Å². The monoisotopic (exact) mass is 424 g/mol. The smallest absolute Gasteiger partial charge is 0.338 e. The van der Waals surface area contributed by atoms with Crippen molar-refractivity contribution in [1.82, 2.24) is 14.5 Å². The highest BCUT2D eigenvalue weighted by Gasteiger charge is 2.14. The summed E-state index contributed by atoms with van der Waals surface area (Å²) in [4.78, 5) is 19.8. The summed E-state index contributed by atoms with van der Waals surface area (Å²) in [6, 6.07) is 17.6. The van der Waals surface area contributed by atoms with Gasteiger partial charge < -0.3 is 14.3 Å². The second-order valence-electron chi connectivity index (χ2n) is 7.71. The average Bonchev–Trinajstić information content (AvgIpc) is 3.31. The van der Waals surface area contributed by atoms with Gasteiger partial charge in [0, 0.05) is 17.1 Å². The number of nitriles is 1. The van der Waals surface area contributed by atoms with Gasteiger partial charge in [0.2, 0.25) is 0 Å². The fourth-order valence-corrected chi connectivity index (χ4v) is 3.85. The van der Waals surface area contributed by atoms with Gasteiger partial charge in [0.1, 0.15) is 11.9 Å². The molecule has 0 saturated heterocycles. The number of fused-ring (bicyclic) bond motifs is 1. The van der Waals surface area contributed by atoms with Crippen molar-refractivity contribution in [3.63, 3.8) is 0 Å². The highest BCUT2D eigenvalue weighted by Crippen LogP contribution is 2.26. The molecule has 32 heavy (non-hydrogen) atoms. The molecular weight excluding hydrogens is 400 g/mol. The molecule has 4 rings (SSSR count). The van der Waals surface area contributed by atoms with Crippen LogP contribution in [0, 0.1) is 32.1 Å². The molecule has 0 spiro atoms. The summed E-state index contributed by atoms with van der Waals surface area (Å²) in [5, 5.41) is 9.80. The number of hydrogen-bond acceptors (Lipinski definition) is 4. The Balaban J connectivity index is 1.70. The minimum Gasteiger partial charge on any atom is -0.462 e. The molecular formula is C26H24N4O2. The normalized spacial score (nSPS) is 11.5. The molecule has 0 fully saturated rings. The van der Waals surface area contributed by atoms with E-state index in [0.29, 0.717) is 23.6 Å². The van der Waals surface area contributed by atoms with Crippen LogP contribution in [0.2, 0.25) is 0 Å². The quantitative estimate of drug-likeness (QED) is 0.338. The second kappa shape index (κ2) is 8.56. The number of aromatic nitrogens is 3. The summed E-state index contributed by atoms with van der Waals surface area (Å²) in [6.07, 6.45) is 1.86. The molecule has 2 heterocycles. The standard InChI is InChI=1S/C26H24N4O2/c1-5-32-26(31)19-7-9-22(10-8-19)30-17(3)13-20(18(30)4)14-21(15-27)25-28-23-11-6-16(2)12-24(23)29-25/h6-14H,5H2,1-4H3,(H,28,29). The fourth-order valence-electron chi connectivity index (χ4n) is 3.85. The van der Waals surface area contributed by atoms with Crippen LogP contribution in [-0.4, -0.2) is 27.1 Å². The van der Waals surface area contributed by atoms with Gasteiger partial charge in [0.05, 0.1) is 28.8 Å². The first-order valence-electron chi connectivity index (χ1n) is 10.5. The second-order valence-corrected chi connectivity index (χ2v) is 7.71. The Morgan fingerprint density at radius 2 is 1.91 bits per heavy atom. The average molecular weight is 425 g/mol. The number of carbonyl (C=O) groups is 1. The number of carbonyl (C=O) groups excluding carboxylic acids is 1. The van der Waals surface area contributed by atoms with Crippen molar-refractivity contribution < 1.29 is 9.53 Å². The van der Waals surface area contributed by atoms with Crippen LogP contribution in [0.3, 0.4) is 0 Å². The largest absolute Gasteiger partial charge is 0.462 e. The number of ether oxygens (including phenoxy) is 1. The maximum atomic E-state index is 11.9. The van der Waals surface area contributed by atoms with Gasteiger partial charge in [-0.2, -0.15) is 5.26 Å². The zero-order valence-electron chi connectivity index (χ0n) is 18.6. The SMILES string of the molecule is CCOC(=O)c1ccc(-n2c(C)cc(C=C(C#N)c3nc4ccc(C)cc4[nH]3)c2C)cc1. The van der Waals surface area contributed by atoms with Crippen molar-refractivity contribution in [2.24, 2.45) is 0 Å². The lowest BCUT2D eigenvalue weighted by Gasteiger charge is -2.10. The lowest BCUT2D eigenvalue weighted by Crippen LogP contribution is -2.05. The number of nitrogens with one attached hydrogen (secondary N) is 1. The van der Waals surface area contributed by atoms with Crippen LogP contribution in [0.15, 0.2) is 48.5 Å². The lowest BCUT2D eigenvalue weighted by atomic mass is 10.1. The molecule has 0 aliphatic heterocycles. The van der Waals surface area contributed by atoms with Gasteiger partial charge >= 0.3 is 5.97 Å². The Morgan fingerprint density at radius 1 is 1.16 bits per heavy atom. The van der Waals surface area contributed by atoms with Crippen molar-refractivity contribution in [2.45, 2.75) is 27.7 Å². The number of hydrogen-bond donors (Lipinski definition) is 1. The third kappa shape index (κ3) is 3.93. The van der Waals surface area contributed by atoms with Crippen molar-refractivity contribution in [3.05, 3.63) is 82.4 Å². The topological polar surface area (TPSA) is 83.7 Å². The van der Waals surface area contributed by atoms with E-state index in [0.717, 1.165) is 39.2 Å². The molecule has 0 aliphatic rings. The van der Waals surface area contributed by atoms with Crippen molar-refractivity contribution in [2.75, 3.05) is 6.61 Å². The van der Waals surface area contributed by atoms with E-state index in [2.05, 4.69) is 20.6 Å². The maximum Gasteiger partial charge on any atom is 0.338 e. The van der Waals surface area contributed by atoms with Crippen LogP contribution >= 0.6 is 0 Å². The minimum absolute atomic E-state index is 0.330. The van der Waals surface area contributed by atoms with Gasteiger partial charge in [-0.3, -0.25) is 0 Å². The first-order chi connectivity index (χ1) is 15.4. The highest BCUT2D eigenvalue weighted by molar-refractivity contribution is 5.91.